The molecule has 9 nitrogen and oxygen atoms in total. The van der Waals surface area contributed by atoms with E-state index in [4.69, 9.17) is 5.73 Å². The lowest BCUT2D eigenvalue weighted by atomic mass is 10.2. The number of nitrogens with two attached hydrogens (primary N) is 1. The summed E-state index contributed by atoms with van der Waals surface area (Å²) >= 11 is 0. The van der Waals surface area contributed by atoms with Gasteiger partial charge in [-0.3, -0.25) is 13.6 Å². The van der Waals surface area contributed by atoms with Gasteiger partial charge in [-0.15, -0.1) is 0 Å². The molecule has 1 saturated heterocycles. The van der Waals surface area contributed by atoms with E-state index in [1.807, 2.05) is 0 Å². The summed E-state index contributed by atoms with van der Waals surface area (Å²) in [7, 11) is -4.06. The summed E-state index contributed by atoms with van der Waals surface area (Å²) in [4.78, 5) is 20.4. The third kappa shape index (κ3) is 17.4. The molecule has 128 valence electrons. The fraction of sp³-hybridized carbons (Fsp3) is 0.909. The molecule has 0 bridgehead atoms. The summed E-state index contributed by atoms with van der Waals surface area (Å²) in [6.45, 7) is 8.22. The predicted molar refractivity (Wildman–Crippen MR) is 71.8 cm³/mol. The number of aliphatic carboxylic acids is 1. The van der Waals surface area contributed by atoms with E-state index in [0.717, 1.165) is 0 Å². The minimum absolute atomic E-state index is 0.0486. The number of carbonyl (C=O) groups excluding carboxylic acids is 1. The second-order valence-electron chi connectivity index (χ2n) is 5.38. The molecule has 1 unspecified atom stereocenters. The maximum Gasteiger partial charge on any atom is 0.272 e. The lowest BCUT2D eigenvalue weighted by Gasteiger charge is -2.39. The molecular formula is C11H28N3O6P. The van der Waals surface area contributed by atoms with Crippen LogP contribution in [0.4, 0.5) is 0 Å². The summed E-state index contributed by atoms with van der Waals surface area (Å²) in [5.74, 6) is -1.38. The molecule has 1 aliphatic rings. The number of carboxylic acids is 1. The lowest BCUT2D eigenvalue weighted by molar-refractivity contribution is -0.408. The van der Waals surface area contributed by atoms with E-state index >= 15 is 0 Å². The molecule has 1 rings (SSSR count). The Morgan fingerprint density at radius 1 is 1.24 bits per heavy atom. The van der Waals surface area contributed by atoms with E-state index in [0.29, 0.717) is 12.1 Å². The first-order valence-electron chi connectivity index (χ1n) is 6.67. The highest BCUT2D eigenvalue weighted by Gasteiger charge is 2.32. The third-order valence-corrected chi connectivity index (χ3v) is 2.50. The first-order chi connectivity index (χ1) is 9.37. The molecule has 10 heteroatoms. The first kappa shape index (κ1) is 22.7. The quantitative estimate of drug-likeness (QED) is 0.458. The summed E-state index contributed by atoms with van der Waals surface area (Å²) in [5, 5.41) is 10.1. The van der Waals surface area contributed by atoms with Crippen LogP contribution in [0.25, 0.3) is 0 Å². The average molecular weight is 329 g/mol. The Hall–Kier alpha value is -0.540. The highest BCUT2D eigenvalue weighted by atomic mass is 31.2. The van der Waals surface area contributed by atoms with Crippen molar-refractivity contribution in [2.24, 2.45) is 5.73 Å². The van der Waals surface area contributed by atoms with E-state index < -0.39 is 26.1 Å². The SMILES string of the molecule is CC(C)[NH3+].CC(C)[NH3+].NC(CCC1OP(=O)([O-])O1)C(=O)[O-]. The molecule has 1 fully saturated rings. The fourth-order valence-electron chi connectivity index (χ4n) is 0.835. The van der Waals surface area contributed by atoms with Gasteiger partial charge in [-0.05, 0) is 34.1 Å². The van der Waals surface area contributed by atoms with Gasteiger partial charge in [-0.2, -0.15) is 0 Å². The Bertz CT molecular complexity index is 318. The highest BCUT2D eigenvalue weighted by Crippen LogP contribution is 2.52. The number of hydrogen-bond acceptors (Lipinski definition) is 7. The van der Waals surface area contributed by atoms with Crippen LogP contribution in [0.2, 0.25) is 0 Å². The maximum atomic E-state index is 10.3. The van der Waals surface area contributed by atoms with Gasteiger partial charge >= 0.3 is 0 Å². The second-order valence-corrected chi connectivity index (χ2v) is 6.69. The molecular weight excluding hydrogens is 301 g/mol. The van der Waals surface area contributed by atoms with Crippen LogP contribution < -0.4 is 27.2 Å². The third-order valence-electron chi connectivity index (χ3n) is 1.51. The normalized spacial score (nSPS) is 25.1. The van der Waals surface area contributed by atoms with Crippen molar-refractivity contribution >= 4 is 13.8 Å². The molecule has 8 N–H and O–H groups in total. The van der Waals surface area contributed by atoms with Gasteiger partial charge < -0.3 is 32.0 Å². The van der Waals surface area contributed by atoms with Crippen molar-refractivity contribution in [2.45, 2.75) is 65.0 Å². The van der Waals surface area contributed by atoms with E-state index in [1.54, 1.807) is 0 Å². The van der Waals surface area contributed by atoms with Crippen molar-refractivity contribution in [1.29, 1.82) is 0 Å². The van der Waals surface area contributed by atoms with Gasteiger partial charge in [0.25, 0.3) is 7.82 Å². The number of carbonyl (C=O) groups is 1. The van der Waals surface area contributed by atoms with E-state index in [9.17, 15) is 19.4 Å². The molecule has 0 aliphatic carbocycles. The van der Waals surface area contributed by atoms with Crippen LogP contribution in [0.15, 0.2) is 0 Å². The van der Waals surface area contributed by atoms with Crippen LogP contribution in [-0.2, 0) is 18.4 Å². The number of phosphoric acid groups is 1. The summed E-state index contributed by atoms with van der Waals surface area (Å²) in [6.07, 6.45) is -0.734. The van der Waals surface area contributed by atoms with Gasteiger partial charge in [0, 0.05) is 12.5 Å². The Morgan fingerprint density at radius 2 is 1.57 bits per heavy atom. The van der Waals surface area contributed by atoms with Crippen molar-refractivity contribution in [3.63, 3.8) is 0 Å². The summed E-state index contributed by atoms with van der Waals surface area (Å²) in [6, 6.07) is 0.0406. The van der Waals surface area contributed by atoms with E-state index in [1.165, 1.54) is 0 Å². The van der Waals surface area contributed by atoms with Gasteiger partial charge in [0.05, 0.1) is 18.1 Å². The van der Waals surface area contributed by atoms with Crippen LogP contribution in [0.1, 0.15) is 40.5 Å². The van der Waals surface area contributed by atoms with Crippen LogP contribution in [0, 0.1) is 0 Å². The van der Waals surface area contributed by atoms with Crippen LogP contribution >= 0.6 is 7.82 Å². The number of quaternary nitrogens is 2. The number of carboxylic acid groups (broad SMARTS) is 1. The zero-order chi connectivity index (χ0) is 17.2. The highest BCUT2D eigenvalue weighted by molar-refractivity contribution is 7.47. The average Bonchev–Trinajstić information content (AvgIpc) is 2.20. The molecule has 1 atom stereocenters. The van der Waals surface area contributed by atoms with Gasteiger partial charge in [0.15, 0.2) is 6.29 Å². The number of hydrogen-bond donors (Lipinski definition) is 3. The Labute approximate surface area is 125 Å². The molecule has 21 heavy (non-hydrogen) atoms. The molecule has 1 aliphatic heterocycles. The van der Waals surface area contributed by atoms with Crippen molar-refractivity contribution in [3.8, 4) is 0 Å². The fourth-order valence-corrected chi connectivity index (χ4v) is 1.64. The standard InChI is InChI=1S/C5H10NO6P.2C3H9N/c6-3(5(7)8)1-2-4-11-13(9,10)12-4;2*1-3(2)4/h3-4H,1-2,6H2,(H,7,8)(H,9,10);2*3H,4H2,1-2H3. The molecule has 0 radical (unpaired) electrons. The monoisotopic (exact) mass is 329 g/mol. The van der Waals surface area contributed by atoms with Gasteiger partial charge in [-0.25, -0.2) is 0 Å². The largest absolute Gasteiger partial charge is 0.756 e. The smallest absolute Gasteiger partial charge is 0.272 e. The van der Waals surface area contributed by atoms with Crippen LogP contribution in [0.3, 0.4) is 0 Å². The molecule has 0 amide bonds. The van der Waals surface area contributed by atoms with E-state index in [2.05, 4.69) is 48.2 Å². The molecule has 1 heterocycles. The molecule has 0 aromatic carbocycles. The maximum absolute atomic E-state index is 10.3. The lowest BCUT2D eigenvalue weighted by Crippen LogP contribution is -2.57. The van der Waals surface area contributed by atoms with Gasteiger partial charge in [-0.1, -0.05) is 0 Å². The van der Waals surface area contributed by atoms with Crippen LogP contribution in [0.5, 0.6) is 0 Å². The predicted octanol–water partition coefficient (Wildman–Crippen LogP) is -3.04. The molecule has 0 saturated carbocycles. The second kappa shape index (κ2) is 11.1. The Kier molecular flexibility index (Phi) is 12.0. The number of rotatable bonds is 4. The zero-order valence-electron chi connectivity index (χ0n) is 13.1. The molecule has 0 aromatic heterocycles. The van der Waals surface area contributed by atoms with Gasteiger partial charge in [0.2, 0.25) is 0 Å². The van der Waals surface area contributed by atoms with E-state index in [-0.39, 0.29) is 12.8 Å². The van der Waals surface area contributed by atoms with Crippen molar-refractivity contribution in [1.82, 2.24) is 0 Å². The number of phosphoric ester groups is 1. The first-order valence-corrected chi connectivity index (χ1v) is 8.13. The zero-order valence-corrected chi connectivity index (χ0v) is 14.0. The summed E-state index contributed by atoms with van der Waals surface area (Å²) < 4.78 is 18.8. The van der Waals surface area contributed by atoms with Crippen LogP contribution in [-0.4, -0.2) is 30.4 Å². The Balaban J connectivity index is 0. The van der Waals surface area contributed by atoms with Crippen molar-refractivity contribution in [3.05, 3.63) is 0 Å². The van der Waals surface area contributed by atoms with Crippen molar-refractivity contribution < 1.29 is 39.9 Å². The topological polar surface area (TPSA) is 180 Å². The molecule has 0 aromatic rings. The minimum atomic E-state index is -4.06. The molecule has 0 spiro atoms. The Morgan fingerprint density at radius 3 is 1.81 bits per heavy atom. The summed E-state index contributed by atoms with van der Waals surface area (Å²) in [5.41, 5.74) is 12.4. The minimum Gasteiger partial charge on any atom is -0.756 e. The van der Waals surface area contributed by atoms with Gasteiger partial charge in [0.1, 0.15) is 0 Å². The van der Waals surface area contributed by atoms with Crippen molar-refractivity contribution in [2.75, 3.05) is 0 Å².